The molecule has 4 aromatic rings. The Kier molecular flexibility index (Phi) is 5.48. The molecule has 30 heavy (non-hydrogen) atoms. The molecule has 0 bridgehead atoms. The van der Waals surface area contributed by atoms with Gasteiger partial charge in [-0.25, -0.2) is 0 Å². The maximum atomic E-state index is 12.9. The number of carbonyl (C=O) groups is 2. The minimum absolute atomic E-state index is 0.0281. The molecule has 0 aliphatic heterocycles. The van der Waals surface area contributed by atoms with Crippen LogP contribution < -0.4 is 15.4 Å². The topological polar surface area (TPSA) is 80.6 Å². The number of rotatable bonds is 6. The van der Waals surface area contributed by atoms with E-state index in [0.29, 0.717) is 28.1 Å². The summed E-state index contributed by atoms with van der Waals surface area (Å²) < 4.78 is 11.5. The van der Waals surface area contributed by atoms with Gasteiger partial charge in [0.25, 0.3) is 11.8 Å². The van der Waals surface area contributed by atoms with Crippen LogP contribution in [0.5, 0.6) is 5.75 Å². The molecular weight excluding hydrogens is 380 g/mol. The number of fused-ring (bicyclic) bond motifs is 1. The fourth-order valence-electron chi connectivity index (χ4n) is 3.02. The fraction of sp³-hybridized carbons (Fsp3) is 0.0833. The Balaban J connectivity index is 1.60. The predicted octanol–water partition coefficient (Wildman–Crippen LogP) is 5.09. The van der Waals surface area contributed by atoms with E-state index in [4.69, 9.17) is 9.15 Å². The molecule has 150 valence electrons. The van der Waals surface area contributed by atoms with Gasteiger partial charge in [0.2, 0.25) is 5.76 Å². The number of hydrogen-bond donors (Lipinski definition) is 2. The number of benzene rings is 3. The molecule has 0 aliphatic rings. The Morgan fingerprint density at radius 1 is 0.833 bits per heavy atom. The van der Waals surface area contributed by atoms with E-state index in [1.165, 1.54) is 0 Å². The van der Waals surface area contributed by atoms with E-state index in [1.54, 1.807) is 49.4 Å². The van der Waals surface area contributed by atoms with Crippen molar-refractivity contribution in [1.82, 2.24) is 0 Å². The lowest BCUT2D eigenvalue weighted by Crippen LogP contribution is -2.30. The van der Waals surface area contributed by atoms with Crippen molar-refractivity contribution in [3.8, 4) is 5.75 Å². The first-order valence-electron chi connectivity index (χ1n) is 9.52. The summed E-state index contributed by atoms with van der Waals surface area (Å²) in [5.41, 5.74) is 1.44. The summed E-state index contributed by atoms with van der Waals surface area (Å²) >= 11 is 0. The van der Waals surface area contributed by atoms with Gasteiger partial charge in [-0.2, -0.15) is 0 Å². The van der Waals surface area contributed by atoms with Crippen LogP contribution in [-0.2, 0) is 4.79 Å². The fourth-order valence-corrected chi connectivity index (χ4v) is 3.02. The van der Waals surface area contributed by atoms with Gasteiger partial charge in [0.1, 0.15) is 17.0 Å². The number of para-hydroxylation sites is 3. The van der Waals surface area contributed by atoms with E-state index >= 15 is 0 Å². The third-order valence-electron chi connectivity index (χ3n) is 4.51. The molecule has 2 amide bonds. The number of ether oxygens (including phenoxy) is 1. The second kappa shape index (κ2) is 8.53. The standard InChI is InChI=1S/C24H20N2O4/c1-16(29-18-12-6-3-7-13-18)23(27)26-21-19-14-8-9-15-20(19)30-22(21)24(28)25-17-10-4-2-5-11-17/h2-16H,1H3,(H,25,28)(H,26,27)/t16-/m0/s1. The molecule has 0 aliphatic carbocycles. The summed E-state index contributed by atoms with van der Waals surface area (Å²) in [6.45, 7) is 1.65. The largest absolute Gasteiger partial charge is 0.481 e. The quantitative estimate of drug-likeness (QED) is 0.472. The van der Waals surface area contributed by atoms with Crippen molar-refractivity contribution in [2.75, 3.05) is 10.6 Å². The first-order chi connectivity index (χ1) is 14.6. The summed E-state index contributed by atoms with van der Waals surface area (Å²) in [4.78, 5) is 25.6. The predicted molar refractivity (Wildman–Crippen MR) is 116 cm³/mol. The first kappa shape index (κ1) is 19.3. The molecule has 1 heterocycles. The minimum Gasteiger partial charge on any atom is -0.481 e. The van der Waals surface area contributed by atoms with E-state index in [1.807, 2.05) is 42.5 Å². The minimum atomic E-state index is -0.772. The number of amides is 2. The van der Waals surface area contributed by atoms with Gasteiger partial charge in [-0.15, -0.1) is 0 Å². The number of nitrogens with one attached hydrogen (secondary N) is 2. The molecule has 0 radical (unpaired) electrons. The summed E-state index contributed by atoms with van der Waals surface area (Å²) in [6.07, 6.45) is -0.772. The average molecular weight is 400 g/mol. The van der Waals surface area contributed by atoms with Crippen molar-refractivity contribution in [2.24, 2.45) is 0 Å². The highest BCUT2D eigenvalue weighted by atomic mass is 16.5. The van der Waals surface area contributed by atoms with Crippen molar-refractivity contribution < 1.29 is 18.7 Å². The van der Waals surface area contributed by atoms with E-state index in [-0.39, 0.29) is 11.7 Å². The van der Waals surface area contributed by atoms with E-state index in [9.17, 15) is 9.59 Å². The normalized spacial score (nSPS) is 11.6. The van der Waals surface area contributed by atoms with Crippen LogP contribution in [0.4, 0.5) is 11.4 Å². The zero-order valence-electron chi connectivity index (χ0n) is 16.3. The second-order valence-electron chi connectivity index (χ2n) is 6.68. The van der Waals surface area contributed by atoms with Crippen LogP contribution in [0.3, 0.4) is 0 Å². The van der Waals surface area contributed by atoms with Crippen molar-refractivity contribution in [3.05, 3.63) is 90.7 Å². The summed E-state index contributed by atoms with van der Waals surface area (Å²) in [5.74, 6) is -0.233. The molecule has 0 fully saturated rings. The van der Waals surface area contributed by atoms with Gasteiger partial charge in [0.05, 0.1) is 0 Å². The molecule has 4 rings (SSSR count). The number of furan rings is 1. The number of anilines is 2. The molecule has 6 heteroatoms. The monoisotopic (exact) mass is 400 g/mol. The van der Waals surface area contributed by atoms with Gasteiger partial charge < -0.3 is 19.8 Å². The zero-order chi connectivity index (χ0) is 20.9. The molecule has 0 saturated carbocycles. The zero-order valence-corrected chi connectivity index (χ0v) is 16.3. The highest BCUT2D eigenvalue weighted by Crippen LogP contribution is 2.31. The van der Waals surface area contributed by atoms with Crippen LogP contribution in [-0.4, -0.2) is 17.9 Å². The van der Waals surface area contributed by atoms with Crippen LogP contribution in [0.2, 0.25) is 0 Å². The van der Waals surface area contributed by atoms with Crippen molar-refractivity contribution in [1.29, 1.82) is 0 Å². The smallest absolute Gasteiger partial charge is 0.293 e. The molecule has 1 aromatic heterocycles. The van der Waals surface area contributed by atoms with Crippen LogP contribution in [0.25, 0.3) is 11.0 Å². The Morgan fingerprint density at radius 3 is 2.20 bits per heavy atom. The van der Waals surface area contributed by atoms with Gasteiger partial charge >= 0.3 is 0 Å². The summed E-state index contributed by atoms with van der Waals surface area (Å²) in [6, 6.07) is 25.3. The lowest BCUT2D eigenvalue weighted by molar-refractivity contribution is -0.122. The van der Waals surface area contributed by atoms with Gasteiger partial charge in [-0.3, -0.25) is 9.59 Å². The number of hydrogen-bond acceptors (Lipinski definition) is 4. The molecule has 2 N–H and O–H groups in total. The maximum Gasteiger partial charge on any atom is 0.293 e. The highest BCUT2D eigenvalue weighted by molar-refractivity contribution is 6.14. The van der Waals surface area contributed by atoms with E-state index in [0.717, 1.165) is 0 Å². The lowest BCUT2D eigenvalue weighted by Gasteiger charge is -2.15. The Bertz CT molecular complexity index is 1170. The Hall–Kier alpha value is -4.06. The van der Waals surface area contributed by atoms with Crippen LogP contribution in [0.15, 0.2) is 89.3 Å². The van der Waals surface area contributed by atoms with Gasteiger partial charge in [0, 0.05) is 11.1 Å². The highest BCUT2D eigenvalue weighted by Gasteiger charge is 2.24. The molecule has 0 saturated heterocycles. The molecular formula is C24H20N2O4. The van der Waals surface area contributed by atoms with Gasteiger partial charge in [-0.05, 0) is 43.3 Å². The summed E-state index contributed by atoms with van der Waals surface area (Å²) in [5, 5.41) is 6.22. The van der Waals surface area contributed by atoms with Gasteiger partial charge in [0.15, 0.2) is 6.10 Å². The van der Waals surface area contributed by atoms with Crippen LogP contribution in [0.1, 0.15) is 17.5 Å². The molecule has 1 atom stereocenters. The molecule has 0 spiro atoms. The van der Waals surface area contributed by atoms with Crippen molar-refractivity contribution in [2.45, 2.75) is 13.0 Å². The first-order valence-corrected chi connectivity index (χ1v) is 9.52. The third-order valence-corrected chi connectivity index (χ3v) is 4.51. The van der Waals surface area contributed by atoms with Crippen molar-refractivity contribution in [3.63, 3.8) is 0 Å². The SMILES string of the molecule is C[C@H](Oc1ccccc1)C(=O)Nc1c(C(=O)Nc2ccccc2)oc2ccccc12. The molecule has 3 aromatic carbocycles. The van der Waals surface area contributed by atoms with E-state index < -0.39 is 12.0 Å². The lowest BCUT2D eigenvalue weighted by atomic mass is 10.2. The van der Waals surface area contributed by atoms with Crippen LogP contribution in [0, 0.1) is 0 Å². The third kappa shape index (κ3) is 4.17. The van der Waals surface area contributed by atoms with Crippen molar-refractivity contribution >= 4 is 34.2 Å². The van der Waals surface area contributed by atoms with Gasteiger partial charge in [-0.1, -0.05) is 48.5 Å². The van der Waals surface area contributed by atoms with Crippen LogP contribution >= 0.6 is 0 Å². The van der Waals surface area contributed by atoms with E-state index in [2.05, 4.69) is 10.6 Å². The molecule has 6 nitrogen and oxygen atoms in total. The average Bonchev–Trinajstić information content (AvgIpc) is 3.14. The number of carbonyl (C=O) groups excluding carboxylic acids is 2. The maximum absolute atomic E-state index is 12.9. The Labute approximate surface area is 173 Å². The molecule has 0 unspecified atom stereocenters. The summed E-state index contributed by atoms with van der Waals surface area (Å²) in [7, 11) is 0. The second-order valence-corrected chi connectivity index (χ2v) is 6.68. The Morgan fingerprint density at radius 2 is 1.47 bits per heavy atom.